The van der Waals surface area contributed by atoms with E-state index in [1.54, 1.807) is 49.4 Å². The molecule has 36 heavy (non-hydrogen) atoms. The number of carbonyl (C=O) groups is 2. The summed E-state index contributed by atoms with van der Waals surface area (Å²) >= 11 is 5.93. The van der Waals surface area contributed by atoms with Crippen LogP contribution in [0.5, 0.6) is 5.75 Å². The van der Waals surface area contributed by atoms with Crippen LogP contribution in [0.2, 0.25) is 5.02 Å². The molecule has 0 N–H and O–H groups in total. The second-order valence-electron chi connectivity index (χ2n) is 7.42. The van der Waals surface area contributed by atoms with Crippen molar-refractivity contribution in [2.24, 2.45) is 0 Å². The molecule has 3 aromatic rings. The van der Waals surface area contributed by atoms with E-state index in [1.807, 2.05) is 0 Å². The Kier molecular flexibility index (Phi) is 8.27. The molecule has 0 saturated carbocycles. The Morgan fingerprint density at radius 1 is 1.06 bits per heavy atom. The molecule has 0 spiro atoms. The van der Waals surface area contributed by atoms with Crippen LogP contribution in [0.15, 0.2) is 42.5 Å². The molecule has 2 aromatic carbocycles. The van der Waals surface area contributed by atoms with Crippen LogP contribution >= 0.6 is 11.6 Å². The molecule has 0 radical (unpaired) electrons. The van der Waals surface area contributed by atoms with E-state index in [2.05, 4.69) is 9.68 Å². The summed E-state index contributed by atoms with van der Waals surface area (Å²) in [4.78, 5) is 55.2. The minimum atomic E-state index is -1.51. The number of halogens is 1. The number of nitrogens with zero attached hydrogens (tertiary/aromatic N) is 3. The topological polar surface area (TPSA) is 162 Å². The third-order valence-electron chi connectivity index (χ3n) is 5.19. The van der Waals surface area contributed by atoms with Gasteiger partial charge in [-0.2, -0.15) is 0 Å². The summed E-state index contributed by atoms with van der Waals surface area (Å²) in [6.07, 6.45) is -1.82. The fourth-order valence-corrected chi connectivity index (χ4v) is 3.68. The van der Waals surface area contributed by atoms with Gasteiger partial charge in [-0.25, -0.2) is 0 Å². The van der Waals surface area contributed by atoms with Gasteiger partial charge >= 0.3 is 5.97 Å². The van der Waals surface area contributed by atoms with E-state index in [4.69, 9.17) is 21.1 Å². The van der Waals surface area contributed by atoms with Crippen LogP contribution in [-0.4, -0.2) is 53.0 Å². The first-order chi connectivity index (χ1) is 17.1. The van der Waals surface area contributed by atoms with E-state index in [0.29, 0.717) is 38.5 Å². The van der Waals surface area contributed by atoms with Gasteiger partial charge < -0.3 is 19.1 Å². The molecule has 0 bridgehead atoms. The minimum Gasteiger partial charge on any atom is -0.497 e. The van der Waals surface area contributed by atoms with Gasteiger partial charge in [0.1, 0.15) is 19.0 Å². The van der Waals surface area contributed by atoms with Crippen molar-refractivity contribution in [3.63, 3.8) is 0 Å². The predicted octanol–water partition coefficient (Wildman–Crippen LogP) is 3.17. The molecule has 0 amide bonds. The maximum atomic E-state index is 13.3. The Balaban J connectivity index is 1.89. The zero-order chi connectivity index (χ0) is 26.4. The molecule has 13 nitrogen and oxygen atoms in total. The van der Waals surface area contributed by atoms with Gasteiger partial charge in [-0.15, -0.1) is 20.2 Å². The second-order valence-corrected chi connectivity index (χ2v) is 7.86. The number of hydrogen-bond acceptors (Lipinski definition) is 10. The molecule has 0 aliphatic rings. The smallest absolute Gasteiger partial charge is 0.310 e. The molecule has 0 fully saturated rings. The first-order valence-electron chi connectivity index (χ1n) is 10.3. The zero-order valence-corrected chi connectivity index (χ0v) is 19.8. The Labute approximate surface area is 208 Å². The highest BCUT2D eigenvalue weighted by Crippen LogP contribution is 2.31. The average Bonchev–Trinajstić information content (AvgIpc) is 3.10. The highest BCUT2D eigenvalue weighted by Gasteiger charge is 2.24. The standard InChI is InChI=1S/C22H20ClN3O10/c1-13-18(10-21(27)34-11-17(36-26(31)32)12-35-25(29)30)19-9-16(33-2)7-8-20(19)24(13)22(28)14-3-5-15(23)6-4-14/h3-9,17H,10-12H2,1-2H3/t17-/m1/s1. The Morgan fingerprint density at radius 2 is 1.75 bits per heavy atom. The molecule has 3 rings (SSSR count). The lowest BCUT2D eigenvalue weighted by Crippen LogP contribution is -2.30. The minimum absolute atomic E-state index is 0.308. The van der Waals surface area contributed by atoms with Gasteiger partial charge in [0.05, 0.1) is 19.0 Å². The molecule has 1 atom stereocenters. The van der Waals surface area contributed by atoms with E-state index in [1.165, 1.54) is 11.7 Å². The fraction of sp³-hybridized carbons (Fsp3) is 0.273. The van der Waals surface area contributed by atoms with Crippen molar-refractivity contribution in [3.8, 4) is 5.75 Å². The highest BCUT2D eigenvalue weighted by atomic mass is 35.5. The summed E-state index contributed by atoms with van der Waals surface area (Å²) in [6.45, 7) is 0.178. The number of methoxy groups -OCH3 is 1. The summed E-state index contributed by atoms with van der Waals surface area (Å²) in [6, 6.07) is 11.3. The summed E-state index contributed by atoms with van der Waals surface area (Å²) < 4.78 is 11.8. The molecule has 0 unspecified atom stereocenters. The number of rotatable bonds is 11. The average molecular weight is 522 g/mol. The maximum absolute atomic E-state index is 13.3. The number of ether oxygens (including phenoxy) is 2. The van der Waals surface area contributed by atoms with Crippen molar-refractivity contribution in [2.45, 2.75) is 19.4 Å². The Morgan fingerprint density at radius 3 is 2.36 bits per heavy atom. The van der Waals surface area contributed by atoms with E-state index in [-0.39, 0.29) is 12.3 Å². The van der Waals surface area contributed by atoms with Crippen molar-refractivity contribution in [2.75, 3.05) is 20.3 Å². The summed E-state index contributed by atoms with van der Waals surface area (Å²) in [5, 5.41) is 19.7. The number of hydrogen-bond donors (Lipinski definition) is 0. The third kappa shape index (κ3) is 6.18. The molecule has 1 aromatic heterocycles. The molecular formula is C22H20ClN3O10. The second kappa shape index (κ2) is 11.4. The molecule has 0 saturated heterocycles. The van der Waals surface area contributed by atoms with Gasteiger partial charge in [0.2, 0.25) is 0 Å². The molecule has 1 heterocycles. The van der Waals surface area contributed by atoms with Crippen molar-refractivity contribution in [3.05, 3.63) is 84.5 Å². The number of aromatic nitrogens is 1. The first-order valence-corrected chi connectivity index (χ1v) is 10.7. The lowest BCUT2D eigenvalue weighted by Gasteiger charge is -2.14. The Bertz CT molecular complexity index is 1310. The Hall–Kier alpha value is -4.39. The van der Waals surface area contributed by atoms with Gasteiger partial charge in [0, 0.05) is 21.7 Å². The van der Waals surface area contributed by atoms with Crippen LogP contribution < -0.4 is 4.74 Å². The summed E-state index contributed by atoms with van der Waals surface area (Å²) in [5.41, 5.74) is 1.81. The van der Waals surface area contributed by atoms with E-state index < -0.39 is 35.5 Å². The van der Waals surface area contributed by atoms with Crippen LogP contribution in [0.25, 0.3) is 10.9 Å². The van der Waals surface area contributed by atoms with Crippen LogP contribution in [0.4, 0.5) is 0 Å². The third-order valence-corrected chi connectivity index (χ3v) is 5.44. The maximum Gasteiger partial charge on any atom is 0.310 e. The predicted molar refractivity (Wildman–Crippen MR) is 124 cm³/mol. The summed E-state index contributed by atoms with van der Waals surface area (Å²) in [7, 11) is 1.47. The van der Waals surface area contributed by atoms with Gasteiger partial charge in [-0.3, -0.25) is 14.2 Å². The van der Waals surface area contributed by atoms with Gasteiger partial charge in [0.25, 0.3) is 16.1 Å². The molecule has 14 heteroatoms. The lowest BCUT2D eigenvalue weighted by molar-refractivity contribution is -0.790. The van der Waals surface area contributed by atoms with Crippen LogP contribution in [0.1, 0.15) is 21.6 Å². The van der Waals surface area contributed by atoms with Crippen molar-refractivity contribution in [1.29, 1.82) is 0 Å². The number of benzene rings is 2. The molecule has 0 aliphatic heterocycles. The van der Waals surface area contributed by atoms with Gasteiger partial charge in [0.15, 0.2) is 6.10 Å². The largest absolute Gasteiger partial charge is 0.497 e. The van der Waals surface area contributed by atoms with E-state index in [0.717, 1.165) is 0 Å². The number of esters is 1. The van der Waals surface area contributed by atoms with Gasteiger partial charge in [-0.05, 0) is 55.0 Å². The van der Waals surface area contributed by atoms with E-state index in [9.17, 15) is 29.8 Å². The van der Waals surface area contributed by atoms with Crippen molar-refractivity contribution < 1.29 is 38.9 Å². The monoisotopic (exact) mass is 521 g/mol. The van der Waals surface area contributed by atoms with Gasteiger partial charge in [-0.1, -0.05) is 11.6 Å². The summed E-state index contributed by atoms with van der Waals surface area (Å²) in [5.74, 6) is -0.670. The van der Waals surface area contributed by atoms with E-state index >= 15 is 0 Å². The quantitative estimate of drug-likeness (QED) is 0.208. The first kappa shape index (κ1) is 26.2. The van der Waals surface area contributed by atoms with Crippen LogP contribution in [-0.2, 0) is 25.6 Å². The molecule has 190 valence electrons. The number of carbonyl (C=O) groups excluding carboxylic acids is 2. The SMILES string of the molecule is COc1ccc2c(c1)c(CC(=O)OC[C@H](CO[N+](=O)[O-])O[N+](=O)[O-])c(C)n2C(=O)c1ccc(Cl)cc1. The van der Waals surface area contributed by atoms with Crippen LogP contribution in [0.3, 0.4) is 0 Å². The van der Waals surface area contributed by atoms with Crippen molar-refractivity contribution >= 4 is 34.4 Å². The normalized spacial score (nSPS) is 11.5. The lowest BCUT2D eigenvalue weighted by atomic mass is 10.1. The molecular weight excluding hydrogens is 502 g/mol. The fourth-order valence-electron chi connectivity index (χ4n) is 3.55. The number of fused-ring (bicyclic) bond motifs is 1. The zero-order valence-electron chi connectivity index (χ0n) is 19.0. The van der Waals surface area contributed by atoms with Crippen molar-refractivity contribution in [1.82, 2.24) is 4.57 Å². The molecule has 0 aliphatic carbocycles. The highest BCUT2D eigenvalue weighted by molar-refractivity contribution is 6.30. The van der Waals surface area contributed by atoms with Crippen LogP contribution in [0, 0.1) is 27.2 Å².